The van der Waals surface area contributed by atoms with Crippen molar-refractivity contribution in [1.82, 2.24) is 30.0 Å². The number of nitrogens with zero attached hydrogens (tertiary/aromatic N) is 5. The number of aldehydes is 1. The van der Waals surface area contributed by atoms with Crippen molar-refractivity contribution < 1.29 is 14.4 Å². The van der Waals surface area contributed by atoms with Crippen molar-refractivity contribution in [3.05, 3.63) is 39.8 Å². The molecule has 1 saturated carbocycles. The molecular formula is C27H35N7O3S. The van der Waals surface area contributed by atoms with Crippen LogP contribution in [0.5, 0.6) is 0 Å². The van der Waals surface area contributed by atoms with E-state index in [0.29, 0.717) is 39.9 Å². The molecule has 38 heavy (non-hydrogen) atoms. The number of rotatable bonds is 5. The molecule has 2 aromatic heterocycles. The molecule has 1 spiro atoms. The van der Waals surface area contributed by atoms with Crippen molar-refractivity contribution in [2.75, 3.05) is 45.6 Å². The first kappa shape index (κ1) is 26.3. The van der Waals surface area contributed by atoms with Crippen molar-refractivity contribution in [3.63, 3.8) is 0 Å². The molecule has 3 aliphatic rings. The predicted octanol–water partition coefficient (Wildman–Crippen LogP) is 2.88. The number of nitrogens with one attached hydrogen (secondary N) is 2. The second kappa shape index (κ2) is 10.5. The lowest BCUT2D eigenvalue weighted by Crippen LogP contribution is -2.51. The average molecular weight is 538 g/mol. The molecule has 0 unspecified atom stereocenters. The van der Waals surface area contributed by atoms with E-state index in [1.165, 1.54) is 24.1 Å². The number of allylic oxidation sites excluding steroid dienone is 3. The van der Waals surface area contributed by atoms with Gasteiger partial charge in [0.15, 0.2) is 6.29 Å². The Morgan fingerprint density at radius 2 is 1.84 bits per heavy atom. The van der Waals surface area contributed by atoms with Gasteiger partial charge < -0.3 is 25.3 Å². The zero-order chi connectivity index (χ0) is 27.0. The fourth-order valence-electron chi connectivity index (χ4n) is 5.82. The summed E-state index contributed by atoms with van der Waals surface area (Å²) in [4.78, 5) is 54.6. The molecule has 11 heteroatoms. The van der Waals surface area contributed by atoms with Crippen LogP contribution in [-0.4, -0.2) is 88.7 Å². The van der Waals surface area contributed by atoms with E-state index in [4.69, 9.17) is 0 Å². The van der Waals surface area contributed by atoms with Gasteiger partial charge in [0.1, 0.15) is 28.3 Å². The number of carbonyl (C=O) groups is 3. The molecule has 2 aliphatic heterocycles. The number of amides is 2. The van der Waals surface area contributed by atoms with E-state index in [1.807, 2.05) is 30.7 Å². The van der Waals surface area contributed by atoms with E-state index in [0.717, 1.165) is 56.0 Å². The van der Waals surface area contributed by atoms with E-state index in [2.05, 4.69) is 32.5 Å². The Hall–Kier alpha value is -3.31. The van der Waals surface area contributed by atoms with Crippen LogP contribution in [-0.2, 0) is 9.59 Å². The van der Waals surface area contributed by atoms with Crippen LogP contribution in [0.2, 0.25) is 0 Å². The summed E-state index contributed by atoms with van der Waals surface area (Å²) in [6.45, 7) is 6.81. The second-order valence-corrected chi connectivity index (χ2v) is 11.5. The number of fused-ring (bicyclic) bond motifs is 1. The molecular weight excluding hydrogens is 502 g/mol. The van der Waals surface area contributed by atoms with Gasteiger partial charge in [0.25, 0.3) is 11.8 Å². The van der Waals surface area contributed by atoms with Gasteiger partial charge in [-0.2, -0.15) is 0 Å². The predicted molar refractivity (Wildman–Crippen MR) is 148 cm³/mol. The SMILES string of the molecule is CC(/C=C(\C=O)Nc1ncnc2sc(C(=O)N3CCN(C)CC3)c(C)c12)=C1\C(=O)NC2(CCCCC2)N1C. The van der Waals surface area contributed by atoms with Crippen LogP contribution in [0.25, 0.3) is 10.2 Å². The number of aryl methyl sites for hydroxylation is 1. The Kier molecular flexibility index (Phi) is 7.23. The highest BCUT2D eigenvalue weighted by Crippen LogP contribution is 2.38. The minimum absolute atomic E-state index is 0.00297. The van der Waals surface area contributed by atoms with Crippen LogP contribution in [0.15, 0.2) is 29.4 Å². The van der Waals surface area contributed by atoms with Crippen LogP contribution in [0, 0.1) is 6.92 Å². The van der Waals surface area contributed by atoms with Gasteiger partial charge in [0, 0.05) is 33.2 Å². The Bertz CT molecular complexity index is 1330. The maximum Gasteiger partial charge on any atom is 0.269 e. The molecule has 1 aliphatic carbocycles. The fraction of sp³-hybridized carbons (Fsp3) is 0.519. The highest BCUT2D eigenvalue weighted by atomic mass is 32.1. The molecule has 4 heterocycles. The molecule has 3 fully saturated rings. The van der Waals surface area contributed by atoms with Crippen LogP contribution in [0.3, 0.4) is 0 Å². The zero-order valence-electron chi connectivity index (χ0n) is 22.5. The van der Waals surface area contributed by atoms with Gasteiger partial charge in [-0.1, -0.05) is 6.42 Å². The Morgan fingerprint density at radius 3 is 2.53 bits per heavy atom. The molecule has 2 amide bonds. The fourth-order valence-corrected chi connectivity index (χ4v) is 6.94. The summed E-state index contributed by atoms with van der Waals surface area (Å²) in [6.07, 6.45) is 9.02. The number of carbonyl (C=O) groups excluding carboxylic acids is 3. The summed E-state index contributed by atoms with van der Waals surface area (Å²) in [5.74, 6) is 0.354. The highest BCUT2D eigenvalue weighted by molar-refractivity contribution is 7.20. The van der Waals surface area contributed by atoms with Crippen LogP contribution in [0.1, 0.15) is 54.3 Å². The number of likely N-dealkylation sites (N-methyl/N-ethyl adjacent to an activating group) is 2. The maximum absolute atomic E-state index is 13.3. The van der Waals surface area contributed by atoms with Crippen molar-refractivity contribution in [1.29, 1.82) is 0 Å². The zero-order valence-corrected chi connectivity index (χ0v) is 23.3. The number of piperazine rings is 1. The van der Waals surface area contributed by atoms with Crippen LogP contribution in [0.4, 0.5) is 5.82 Å². The lowest BCUT2D eigenvalue weighted by molar-refractivity contribution is -0.117. The van der Waals surface area contributed by atoms with Gasteiger partial charge in [0.05, 0.1) is 16.0 Å². The summed E-state index contributed by atoms with van der Waals surface area (Å²) in [5, 5.41) is 7.06. The van der Waals surface area contributed by atoms with Crippen LogP contribution >= 0.6 is 11.3 Å². The Labute approximate surface area is 226 Å². The molecule has 2 N–H and O–H groups in total. The summed E-state index contributed by atoms with van der Waals surface area (Å²) in [5.41, 5.74) is 2.01. The summed E-state index contributed by atoms with van der Waals surface area (Å²) in [7, 11) is 4.01. The largest absolute Gasteiger partial charge is 0.347 e. The lowest BCUT2D eigenvalue weighted by Gasteiger charge is -2.40. The Balaban J connectivity index is 1.43. The van der Waals surface area contributed by atoms with Gasteiger partial charge in [-0.15, -0.1) is 11.3 Å². The van der Waals surface area contributed by atoms with E-state index in [9.17, 15) is 14.4 Å². The van der Waals surface area contributed by atoms with Crippen molar-refractivity contribution in [2.24, 2.45) is 0 Å². The molecule has 202 valence electrons. The number of thiophene rings is 1. The standard InChI is InChI=1S/C27H35N7O3S/c1-17(21-24(36)31-27(33(21)4)8-6-5-7-9-27)14-19(15-35)30-23-20-18(2)22(38-25(20)29-16-28-23)26(37)34-12-10-32(3)11-13-34/h14-16H,5-13H2,1-4H3,(H,31,36)(H,28,29,30)/b19-14+,21-17-. The molecule has 0 aromatic carbocycles. The molecule has 2 aromatic rings. The van der Waals surface area contributed by atoms with Gasteiger partial charge in [-0.05, 0) is 63.8 Å². The lowest BCUT2D eigenvalue weighted by atomic mass is 9.88. The summed E-state index contributed by atoms with van der Waals surface area (Å²) < 4.78 is 0. The third-order valence-electron chi connectivity index (χ3n) is 8.07. The normalized spacial score (nSPS) is 21.7. The Morgan fingerprint density at radius 1 is 1.13 bits per heavy atom. The van der Waals surface area contributed by atoms with Crippen molar-refractivity contribution in [3.8, 4) is 0 Å². The molecule has 2 saturated heterocycles. The van der Waals surface area contributed by atoms with Gasteiger partial charge in [-0.25, -0.2) is 9.97 Å². The molecule has 0 radical (unpaired) electrons. The minimum atomic E-state index is -0.339. The highest BCUT2D eigenvalue weighted by Gasteiger charge is 2.46. The van der Waals surface area contributed by atoms with E-state index in [-0.39, 0.29) is 23.2 Å². The maximum atomic E-state index is 13.3. The summed E-state index contributed by atoms with van der Waals surface area (Å²) >= 11 is 1.35. The molecule has 0 atom stereocenters. The van der Waals surface area contributed by atoms with E-state index < -0.39 is 0 Å². The third-order valence-corrected chi connectivity index (χ3v) is 9.25. The average Bonchev–Trinajstić information content (AvgIpc) is 3.37. The van der Waals surface area contributed by atoms with Gasteiger partial charge >= 0.3 is 0 Å². The number of hydrogen-bond acceptors (Lipinski definition) is 9. The van der Waals surface area contributed by atoms with Crippen molar-refractivity contribution in [2.45, 2.75) is 51.6 Å². The molecule has 5 rings (SSSR count). The van der Waals surface area contributed by atoms with Crippen molar-refractivity contribution >= 4 is 45.5 Å². The number of anilines is 1. The summed E-state index contributed by atoms with van der Waals surface area (Å²) in [6, 6.07) is 0. The first-order valence-electron chi connectivity index (χ1n) is 13.2. The molecule has 10 nitrogen and oxygen atoms in total. The van der Waals surface area contributed by atoms with Crippen LogP contribution < -0.4 is 10.6 Å². The van der Waals surface area contributed by atoms with E-state index >= 15 is 0 Å². The third kappa shape index (κ3) is 4.69. The number of hydrogen-bond donors (Lipinski definition) is 2. The van der Waals surface area contributed by atoms with E-state index in [1.54, 1.807) is 6.08 Å². The topological polar surface area (TPSA) is 111 Å². The smallest absolute Gasteiger partial charge is 0.269 e. The first-order valence-corrected chi connectivity index (χ1v) is 14.0. The minimum Gasteiger partial charge on any atom is -0.347 e. The first-order chi connectivity index (χ1) is 18.2. The number of aromatic nitrogens is 2. The van der Waals surface area contributed by atoms with Gasteiger partial charge in [0.2, 0.25) is 0 Å². The molecule has 0 bridgehead atoms. The monoisotopic (exact) mass is 537 g/mol. The quantitative estimate of drug-likeness (QED) is 0.443. The second-order valence-electron chi connectivity index (χ2n) is 10.5. The van der Waals surface area contributed by atoms with Gasteiger partial charge in [-0.3, -0.25) is 14.4 Å².